The van der Waals surface area contributed by atoms with E-state index < -0.39 is 46.2 Å². The molecule has 0 saturated heterocycles. The molecule has 1 aromatic rings. The van der Waals surface area contributed by atoms with E-state index in [1.165, 1.54) is 24.0 Å². The molecule has 1 aromatic carbocycles. The van der Waals surface area contributed by atoms with Gasteiger partial charge in [-0.25, -0.2) is 0 Å². The highest BCUT2D eigenvalue weighted by Crippen LogP contribution is 2.20. The van der Waals surface area contributed by atoms with Crippen LogP contribution in [-0.4, -0.2) is 96.4 Å². The van der Waals surface area contributed by atoms with E-state index in [1.54, 1.807) is 25.1 Å². The number of benzene rings is 1. The Hall–Kier alpha value is -3.70. The van der Waals surface area contributed by atoms with Crippen LogP contribution in [0.4, 0.5) is 5.69 Å². The van der Waals surface area contributed by atoms with Gasteiger partial charge in [0.25, 0.3) is 21.9 Å². The SMILES string of the molecule is CC(=O)OCc1ccc(NC(=O)[C@H](C)NC(=O)[C@@H](NC(O)CCCCCN2C(=O)C=CC2=O)C(C)C)cc1CCCOCCCS(=O)(=O)O. The third kappa shape index (κ3) is 16.0. The molecule has 16 heteroatoms. The number of ether oxygens (including phenoxy) is 2. The van der Waals surface area contributed by atoms with Gasteiger partial charge in [0.1, 0.15) is 18.9 Å². The van der Waals surface area contributed by atoms with Crippen molar-refractivity contribution in [3.63, 3.8) is 0 Å². The lowest BCUT2D eigenvalue weighted by Gasteiger charge is -2.26. The largest absolute Gasteiger partial charge is 0.461 e. The summed E-state index contributed by atoms with van der Waals surface area (Å²) in [5, 5.41) is 19.0. The molecule has 1 heterocycles. The molecule has 274 valence electrons. The number of nitrogens with zero attached hydrogens (tertiary/aromatic N) is 1. The Bertz CT molecular complexity index is 1410. The molecular formula is C33H50N4O11S. The molecule has 5 N–H and O–H groups in total. The quantitative estimate of drug-likeness (QED) is 0.0361. The number of aryl methyl sites for hydroxylation is 1. The summed E-state index contributed by atoms with van der Waals surface area (Å²) < 4.78 is 41.1. The number of nitrogens with one attached hydrogen (secondary N) is 3. The third-order valence-corrected chi connectivity index (χ3v) is 8.47. The second kappa shape index (κ2) is 20.7. The number of carbonyl (C=O) groups is 5. The molecule has 0 aliphatic carbocycles. The molecule has 0 spiro atoms. The van der Waals surface area contributed by atoms with Crippen LogP contribution in [0.25, 0.3) is 0 Å². The number of amides is 4. The summed E-state index contributed by atoms with van der Waals surface area (Å²) in [6.07, 6.45) is 4.94. The first-order chi connectivity index (χ1) is 23.1. The van der Waals surface area contributed by atoms with Crippen LogP contribution in [0.2, 0.25) is 0 Å². The lowest BCUT2D eigenvalue weighted by atomic mass is 10.0. The van der Waals surface area contributed by atoms with Gasteiger partial charge in [0.05, 0.1) is 11.8 Å². The predicted octanol–water partition coefficient (Wildman–Crippen LogP) is 1.84. The zero-order chi connectivity index (χ0) is 36.6. The Morgan fingerprint density at radius 3 is 2.22 bits per heavy atom. The Balaban J connectivity index is 1.87. The van der Waals surface area contributed by atoms with Crippen LogP contribution in [0.3, 0.4) is 0 Å². The Labute approximate surface area is 287 Å². The summed E-state index contributed by atoms with van der Waals surface area (Å²) in [5.41, 5.74) is 2.00. The van der Waals surface area contributed by atoms with E-state index in [9.17, 15) is 37.5 Å². The number of aliphatic hydroxyl groups is 1. The van der Waals surface area contributed by atoms with Crippen molar-refractivity contribution >= 4 is 45.4 Å². The van der Waals surface area contributed by atoms with Crippen molar-refractivity contribution in [1.29, 1.82) is 0 Å². The van der Waals surface area contributed by atoms with Gasteiger partial charge < -0.3 is 25.2 Å². The van der Waals surface area contributed by atoms with E-state index >= 15 is 0 Å². The fourth-order valence-corrected chi connectivity index (χ4v) is 5.47. The lowest BCUT2D eigenvalue weighted by Crippen LogP contribution is -2.54. The highest BCUT2D eigenvalue weighted by atomic mass is 32.2. The number of imide groups is 1. The number of anilines is 1. The van der Waals surface area contributed by atoms with Crippen molar-refractivity contribution in [2.45, 2.75) is 97.6 Å². The van der Waals surface area contributed by atoms with Crippen molar-refractivity contribution < 1.29 is 51.5 Å². The number of hydrogen-bond acceptors (Lipinski definition) is 11. The number of carbonyl (C=O) groups excluding carboxylic acids is 5. The molecule has 2 rings (SSSR count). The smallest absolute Gasteiger partial charge is 0.302 e. The molecule has 1 aliphatic heterocycles. The normalized spacial score (nSPS) is 15.0. The number of unbranched alkanes of at least 4 members (excludes halogenated alkanes) is 2. The van der Waals surface area contributed by atoms with Crippen molar-refractivity contribution in [1.82, 2.24) is 15.5 Å². The maximum absolute atomic E-state index is 13.1. The summed E-state index contributed by atoms with van der Waals surface area (Å²) in [4.78, 5) is 62.0. The van der Waals surface area contributed by atoms with Gasteiger partial charge in [-0.3, -0.25) is 38.7 Å². The van der Waals surface area contributed by atoms with Gasteiger partial charge in [0.2, 0.25) is 11.8 Å². The van der Waals surface area contributed by atoms with Crippen molar-refractivity contribution in [2.75, 3.05) is 30.8 Å². The Morgan fingerprint density at radius 2 is 1.59 bits per heavy atom. The molecule has 0 bridgehead atoms. The van der Waals surface area contributed by atoms with E-state index in [4.69, 9.17) is 14.0 Å². The second-order valence-electron chi connectivity index (χ2n) is 12.3. The Morgan fingerprint density at radius 1 is 0.918 bits per heavy atom. The monoisotopic (exact) mass is 710 g/mol. The molecule has 1 unspecified atom stereocenters. The van der Waals surface area contributed by atoms with Crippen molar-refractivity contribution in [3.05, 3.63) is 41.5 Å². The van der Waals surface area contributed by atoms with Gasteiger partial charge in [-0.2, -0.15) is 8.42 Å². The summed E-state index contributed by atoms with van der Waals surface area (Å²) in [5.74, 6) is -2.61. The fourth-order valence-electron chi connectivity index (χ4n) is 4.98. The zero-order valence-corrected chi connectivity index (χ0v) is 29.4. The van der Waals surface area contributed by atoms with Gasteiger partial charge in [-0.1, -0.05) is 26.3 Å². The molecule has 1 aliphatic rings. The first kappa shape index (κ1) is 41.5. The topological polar surface area (TPSA) is 218 Å². The van der Waals surface area contributed by atoms with Gasteiger partial charge >= 0.3 is 5.97 Å². The fraction of sp³-hybridized carbons (Fsp3) is 0.606. The van der Waals surface area contributed by atoms with Crippen molar-refractivity contribution in [2.24, 2.45) is 5.92 Å². The minimum Gasteiger partial charge on any atom is -0.461 e. The van der Waals surface area contributed by atoms with E-state index in [0.717, 1.165) is 11.1 Å². The Kier molecular flexibility index (Phi) is 17.5. The average molecular weight is 711 g/mol. The van der Waals surface area contributed by atoms with Crippen LogP contribution in [0.15, 0.2) is 30.4 Å². The number of aliphatic hydroxyl groups excluding tert-OH is 1. The van der Waals surface area contributed by atoms with Gasteiger partial charge in [0.15, 0.2) is 0 Å². The first-order valence-corrected chi connectivity index (χ1v) is 18.0. The molecule has 3 atom stereocenters. The maximum atomic E-state index is 13.1. The van der Waals surface area contributed by atoms with Gasteiger partial charge in [-0.15, -0.1) is 0 Å². The maximum Gasteiger partial charge on any atom is 0.302 e. The minimum atomic E-state index is -4.04. The average Bonchev–Trinajstić information content (AvgIpc) is 3.34. The molecule has 0 radical (unpaired) electrons. The molecule has 0 saturated carbocycles. The molecule has 4 amide bonds. The number of hydrogen-bond donors (Lipinski definition) is 5. The first-order valence-electron chi connectivity index (χ1n) is 16.4. The van der Waals surface area contributed by atoms with E-state index in [0.29, 0.717) is 57.4 Å². The van der Waals surface area contributed by atoms with E-state index in [-0.39, 0.29) is 43.1 Å². The van der Waals surface area contributed by atoms with E-state index in [2.05, 4.69) is 16.0 Å². The highest BCUT2D eigenvalue weighted by molar-refractivity contribution is 7.85. The minimum absolute atomic E-state index is 0.0361. The third-order valence-electron chi connectivity index (χ3n) is 7.66. The predicted molar refractivity (Wildman–Crippen MR) is 180 cm³/mol. The highest BCUT2D eigenvalue weighted by Gasteiger charge is 2.27. The van der Waals surface area contributed by atoms with Crippen LogP contribution < -0.4 is 16.0 Å². The molecule has 49 heavy (non-hydrogen) atoms. The summed E-state index contributed by atoms with van der Waals surface area (Å²) in [6, 6.07) is 3.44. The van der Waals surface area contributed by atoms with Gasteiger partial charge in [-0.05, 0) is 74.6 Å². The van der Waals surface area contributed by atoms with Crippen LogP contribution in [-0.2, 0) is 56.6 Å². The van der Waals surface area contributed by atoms with Crippen LogP contribution in [0, 0.1) is 5.92 Å². The zero-order valence-electron chi connectivity index (χ0n) is 28.6. The number of rotatable bonds is 23. The molecule has 0 aromatic heterocycles. The summed E-state index contributed by atoms with van der Waals surface area (Å²) in [6.45, 7) is 7.30. The van der Waals surface area contributed by atoms with E-state index in [1.807, 2.05) is 13.8 Å². The standard InChI is InChI=1S/C33H50N4O11S/c1-22(2)31(36-28(39)11-6-5-7-16-37-29(40)14-15-30(37)41)33(43)34-23(3)32(42)35-27-13-12-26(21-48-24(4)38)25(20-27)10-8-17-47-18-9-19-49(44,45)46/h12-15,20,22-23,28,31,36,39H,5-11,16-19,21H2,1-4H3,(H,34,43)(H,35,42)(H,44,45,46)/t23-,28?,31-/m0/s1. The van der Waals surface area contributed by atoms with Crippen LogP contribution in [0.5, 0.6) is 0 Å². The second-order valence-corrected chi connectivity index (χ2v) is 13.8. The number of esters is 1. The van der Waals surface area contributed by atoms with Gasteiger partial charge in [0, 0.05) is 44.5 Å². The molecule has 15 nitrogen and oxygen atoms in total. The molecule has 0 fully saturated rings. The summed E-state index contributed by atoms with van der Waals surface area (Å²) in [7, 11) is -4.04. The molecular weight excluding hydrogens is 660 g/mol. The van der Waals surface area contributed by atoms with Crippen molar-refractivity contribution in [3.8, 4) is 0 Å². The van der Waals surface area contributed by atoms with Crippen LogP contribution >= 0.6 is 0 Å². The lowest BCUT2D eigenvalue weighted by molar-refractivity contribution is -0.142. The van der Waals surface area contributed by atoms with Crippen LogP contribution in [0.1, 0.15) is 77.3 Å². The summed E-state index contributed by atoms with van der Waals surface area (Å²) >= 11 is 0.